The highest BCUT2D eigenvalue weighted by Crippen LogP contribution is 2.28. The van der Waals surface area contributed by atoms with Crippen molar-refractivity contribution in [2.75, 3.05) is 13.1 Å². The van der Waals surface area contributed by atoms with E-state index in [0.717, 1.165) is 5.01 Å². The second-order valence-corrected chi connectivity index (χ2v) is 3.35. The maximum atomic E-state index is 11.5. The third kappa shape index (κ3) is 1.20. The minimum Gasteiger partial charge on any atom is -0.476 e. The molecule has 0 unspecified atom stereocenters. The van der Waals surface area contributed by atoms with Crippen molar-refractivity contribution in [1.29, 1.82) is 5.26 Å². The Labute approximate surface area is 84.9 Å². The molecule has 2 heterocycles. The van der Waals surface area contributed by atoms with E-state index in [2.05, 4.69) is 0 Å². The van der Waals surface area contributed by atoms with Gasteiger partial charge in [-0.2, -0.15) is 5.26 Å². The zero-order valence-electron chi connectivity index (χ0n) is 7.67. The molecule has 7 nitrogen and oxygen atoms in total. The summed E-state index contributed by atoms with van der Waals surface area (Å²) in [6.07, 6.45) is 0. The van der Waals surface area contributed by atoms with Crippen LogP contribution in [0.4, 0.5) is 0 Å². The number of rotatable bonds is 1. The van der Waals surface area contributed by atoms with Crippen LogP contribution in [0.3, 0.4) is 0 Å². The van der Waals surface area contributed by atoms with Crippen LogP contribution >= 0.6 is 0 Å². The molecule has 0 aromatic rings. The van der Waals surface area contributed by atoms with Gasteiger partial charge in [-0.25, -0.2) is 14.8 Å². The number of hydrogen-bond acceptors (Lipinski definition) is 5. The van der Waals surface area contributed by atoms with Gasteiger partial charge in [-0.3, -0.25) is 4.79 Å². The monoisotopic (exact) mass is 208 g/mol. The van der Waals surface area contributed by atoms with E-state index in [1.54, 1.807) is 6.07 Å². The van der Waals surface area contributed by atoms with Gasteiger partial charge < -0.3 is 10.8 Å². The van der Waals surface area contributed by atoms with Gasteiger partial charge in [0.25, 0.3) is 5.91 Å². The van der Waals surface area contributed by atoms with Gasteiger partial charge in [0.2, 0.25) is 0 Å². The number of hydrazine groups is 1. The van der Waals surface area contributed by atoms with Crippen LogP contribution in [0.2, 0.25) is 0 Å². The number of carboxylic acids is 1. The number of amides is 1. The van der Waals surface area contributed by atoms with Crippen molar-refractivity contribution in [2.45, 2.75) is 6.04 Å². The summed E-state index contributed by atoms with van der Waals surface area (Å²) in [7, 11) is 0. The number of nitrogens with zero attached hydrogens (tertiary/aromatic N) is 3. The second kappa shape index (κ2) is 3.05. The molecule has 0 radical (unpaired) electrons. The number of carbonyl (C=O) groups excluding carboxylic acids is 1. The predicted octanol–water partition coefficient (Wildman–Crippen LogP) is -1.75. The Morgan fingerprint density at radius 3 is 2.87 bits per heavy atom. The van der Waals surface area contributed by atoms with E-state index in [4.69, 9.17) is 16.1 Å². The smallest absolute Gasteiger partial charge is 0.355 e. The number of fused-ring (bicyclic) bond motifs is 1. The van der Waals surface area contributed by atoms with E-state index >= 15 is 0 Å². The van der Waals surface area contributed by atoms with Crippen molar-refractivity contribution in [3.05, 3.63) is 11.3 Å². The van der Waals surface area contributed by atoms with E-state index in [0.29, 0.717) is 0 Å². The van der Waals surface area contributed by atoms with E-state index in [-0.39, 0.29) is 24.4 Å². The molecule has 1 saturated heterocycles. The molecule has 2 rings (SSSR count). The highest BCUT2D eigenvalue weighted by Gasteiger charge is 2.46. The summed E-state index contributed by atoms with van der Waals surface area (Å²) in [6.45, 7) is 0.387. The lowest BCUT2D eigenvalue weighted by Crippen LogP contribution is -2.37. The summed E-state index contributed by atoms with van der Waals surface area (Å²) in [5.74, 6) is -1.76. The maximum absolute atomic E-state index is 11.5. The van der Waals surface area contributed by atoms with E-state index in [1.165, 1.54) is 5.01 Å². The first-order valence-electron chi connectivity index (χ1n) is 4.27. The van der Waals surface area contributed by atoms with Crippen molar-refractivity contribution >= 4 is 11.9 Å². The minimum atomic E-state index is -1.28. The Hall–Kier alpha value is -1.91. The first-order valence-corrected chi connectivity index (χ1v) is 4.27. The molecule has 1 atom stereocenters. The summed E-state index contributed by atoms with van der Waals surface area (Å²) >= 11 is 0. The molecule has 0 aromatic carbocycles. The fourth-order valence-corrected chi connectivity index (χ4v) is 1.76. The van der Waals surface area contributed by atoms with Crippen LogP contribution in [0.5, 0.6) is 0 Å². The largest absolute Gasteiger partial charge is 0.476 e. The molecule has 7 heteroatoms. The van der Waals surface area contributed by atoms with E-state index < -0.39 is 17.9 Å². The van der Waals surface area contributed by atoms with Crippen LogP contribution in [-0.2, 0) is 9.59 Å². The van der Waals surface area contributed by atoms with Gasteiger partial charge >= 0.3 is 5.97 Å². The minimum absolute atomic E-state index is 0.0859. The van der Waals surface area contributed by atoms with Crippen molar-refractivity contribution in [3.63, 3.8) is 0 Å². The van der Waals surface area contributed by atoms with Gasteiger partial charge in [0, 0.05) is 6.54 Å². The van der Waals surface area contributed by atoms with Gasteiger partial charge in [0.15, 0.2) is 5.70 Å². The molecule has 0 aliphatic carbocycles. The van der Waals surface area contributed by atoms with Crippen LogP contribution < -0.4 is 5.73 Å². The third-order valence-electron chi connectivity index (χ3n) is 2.39. The Morgan fingerprint density at radius 1 is 1.67 bits per heavy atom. The molecular weight excluding hydrogens is 200 g/mol. The van der Waals surface area contributed by atoms with Gasteiger partial charge in [-0.15, -0.1) is 0 Å². The van der Waals surface area contributed by atoms with Crippen molar-refractivity contribution in [2.24, 2.45) is 5.73 Å². The van der Waals surface area contributed by atoms with Crippen LogP contribution in [-0.4, -0.2) is 46.1 Å². The molecule has 1 amide bonds. The number of nitriles is 1. The van der Waals surface area contributed by atoms with E-state index in [9.17, 15) is 9.59 Å². The zero-order valence-corrected chi connectivity index (χ0v) is 7.67. The maximum Gasteiger partial charge on any atom is 0.355 e. The zero-order chi connectivity index (χ0) is 11.2. The average Bonchev–Trinajstić information content (AvgIpc) is 2.65. The van der Waals surface area contributed by atoms with Crippen LogP contribution in [0.25, 0.3) is 0 Å². The molecule has 2 aliphatic heterocycles. The average molecular weight is 208 g/mol. The first-order chi connectivity index (χ1) is 7.06. The van der Waals surface area contributed by atoms with Crippen molar-refractivity contribution in [1.82, 2.24) is 10.0 Å². The summed E-state index contributed by atoms with van der Waals surface area (Å²) in [5, 5.41) is 20.1. The molecule has 3 N–H and O–H groups in total. The number of nitrogens with two attached hydrogens (primary N) is 1. The van der Waals surface area contributed by atoms with Crippen LogP contribution in [0.15, 0.2) is 11.3 Å². The van der Waals surface area contributed by atoms with E-state index in [1.807, 2.05) is 0 Å². The molecule has 0 saturated carbocycles. The topological polar surface area (TPSA) is 111 Å². The molecule has 78 valence electrons. The quantitative estimate of drug-likeness (QED) is 0.528. The molecule has 1 fully saturated rings. The SMILES string of the molecule is N#CC1=C(C(=O)O)N2C(=O)[C@H](N)CN2C1. The fourth-order valence-electron chi connectivity index (χ4n) is 1.76. The second-order valence-electron chi connectivity index (χ2n) is 3.35. The number of aliphatic carboxylic acids is 1. The molecule has 0 bridgehead atoms. The summed E-state index contributed by atoms with van der Waals surface area (Å²) < 4.78 is 0. The Kier molecular flexibility index (Phi) is 1.96. The number of carboxylic acid groups (broad SMARTS) is 1. The Balaban J connectivity index is 2.44. The van der Waals surface area contributed by atoms with Crippen molar-refractivity contribution < 1.29 is 14.7 Å². The fraction of sp³-hybridized carbons (Fsp3) is 0.375. The van der Waals surface area contributed by atoms with Crippen molar-refractivity contribution in [3.8, 4) is 6.07 Å². The third-order valence-corrected chi connectivity index (χ3v) is 2.39. The normalized spacial score (nSPS) is 25.7. The summed E-state index contributed by atoms with van der Waals surface area (Å²) in [4.78, 5) is 22.4. The van der Waals surface area contributed by atoms with Gasteiger partial charge in [-0.1, -0.05) is 0 Å². The Morgan fingerprint density at radius 2 is 2.33 bits per heavy atom. The summed E-state index contributed by atoms with van der Waals surface area (Å²) in [6, 6.07) is 1.07. The molecule has 0 spiro atoms. The first kappa shape index (κ1) is 9.64. The molecular formula is C8H8N4O3. The van der Waals surface area contributed by atoms with Gasteiger partial charge in [-0.05, 0) is 0 Å². The standard InChI is InChI=1S/C8H8N4O3/c9-1-4-2-11-3-5(10)7(13)12(11)6(4)8(14)15/h5H,2-3,10H2,(H,14,15)/t5-/m1/s1. The van der Waals surface area contributed by atoms with Crippen LogP contribution in [0.1, 0.15) is 0 Å². The summed E-state index contributed by atoms with van der Waals surface area (Å²) in [5.41, 5.74) is 5.30. The number of hydrogen-bond donors (Lipinski definition) is 2. The molecule has 15 heavy (non-hydrogen) atoms. The lowest BCUT2D eigenvalue weighted by atomic mass is 10.2. The highest BCUT2D eigenvalue weighted by molar-refractivity contribution is 5.97. The lowest BCUT2D eigenvalue weighted by molar-refractivity contribution is -0.143. The number of carbonyl (C=O) groups is 2. The Bertz CT molecular complexity index is 422. The lowest BCUT2D eigenvalue weighted by Gasteiger charge is -2.18. The van der Waals surface area contributed by atoms with Crippen LogP contribution in [0, 0.1) is 11.3 Å². The highest BCUT2D eigenvalue weighted by atomic mass is 16.4. The van der Waals surface area contributed by atoms with Gasteiger partial charge in [0.05, 0.1) is 18.2 Å². The predicted molar refractivity (Wildman–Crippen MR) is 46.7 cm³/mol. The molecule has 0 aromatic heterocycles. The van der Waals surface area contributed by atoms with Gasteiger partial charge in [0.1, 0.15) is 6.04 Å². The molecule has 2 aliphatic rings.